The Hall–Kier alpha value is -2.75. The third kappa shape index (κ3) is 5.00. The number of aromatic amines is 1. The van der Waals surface area contributed by atoms with E-state index >= 15 is 0 Å². The number of thiophene rings is 1. The minimum Gasteiger partial charge on any atom is -0.465 e. The summed E-state index contributed by atoms with van der Waals surface area (Å²) in [7, 11) is 1.33. The fourth-order valence-corrected chi connectivity index (χ4v) is 3.92. The highest BCUT2D eigenvalue weighted by molar-refractivity contribution is 7.15. The highest BCUT2D eigenvalue weighted by Crippen LogP contribution is 2.35. The van der Waals surface area contributed by atoms with Crippen LogP contribution in [0.25, 0.3) is 10.4 Å². The van der Waals surface area contributed by atoms with Gasteiger partial charge in [0.25, 0.3) is 0 Å². The van der Waals surface area contributed by atoms with Crippen LogP contribution in [-0.4, -0.2) is 34.4 Å². The van der Waals surface area contributed by atoms with Crippen molar-refractivity contribution in [3.05, 3.63) is 75.6 Å². The molecule has 154 valence electrons. The van der Waals surface area contributed by atoms with Crippen LogP contribution in [0, 0.1) is 0 Å². The molecule has 3 aromatic rings. The first-order chi connectivity index (χ1) is 13.6. The van der Waals surface area contributed by atoms with Crippen LogP contribution >= 0.6 is 23.7 Å². The molecule has 1 atom stereocenters. The number of halogens is 2. The predicted molar refractivity (Wildman–Crippen MR) is 112 cm³/mol. The number of rotatable bonds is 7. The second-order valence-corrected chi connectivity index (χ2v) is 7.15. The molecule has 2 aromatic heterocycles. The first-order valence-corrected chi connectivity index (χ1v) is 9.27. The minimum atomic E-state index is -0.426. The lowest BCUT2D eigenvalue weighted by Crippen LogP contribution is -2.23. The van der Waals surface area contributed by atoms with Crippen LogP contribution in [0.2, 0.25) is 0 Å². The summed E-state index contributed by atoms with van der Waals surface area (Å²) in [6.45, 7) is 0.0623. The molecule has 29 heavy (non-hydrogen) atoms. The van der Waals surface area contributed by atoms with E-state index in [2.05, 4.69) is 10.2 Å². The van der Waals surface area contributed by atoms with Crippen molar-refractivity contribution >= 4 is 29.7 Å². The maximum atomic E-state index is 13.1. The van der Waals surface area contributed by atoms with E-state index in [1.807, 2.05) is 24.3 Å². The molecule has 0 aliphatic carbocycles. The Morgan fingerprint density at radius 3 is 2.62 bits per heavy atom. The Bertz CT molecular complexity index is 1040. The fourth-order valence-electron chi connectivity index (χ4n) is 2.81. The quantitative estimate of drug-likeness (QED) is 0.551. The number of esters is 1. The van der Waals surface area contributed by atoms with Crippen LogP contribution < -0.4 is 11.4 Å². The van der Waals surface area contributed by atoms with Crippen molar-refractivity contribution in [1.29, 1.82) is 0 Å². The zero-order chi connectivity index (χ0) is 20.1. The molecule has 0 aliphatic heterocycles. The molecule has 1 aromatic carbocycles. The van der Waals surface area contributed by atoms with Crippen molar-refractivity contribution in [3.8, 4) is 10.4 Å². The van der Waals surface area contributed by atoms with E-state index in [-0.39, 0.29) is 31.1 Å². The van der Waals surface area contributed by atoms with Crippen LogP contribution in [0.5, 0.6) is 0 Å². The lowest BCUT2D eigenvalue weighted by Gasteiger charge is -2.16. The number of nitrogens with two attached hydrogens (primary N) is 1. The van der Waals surface area contributed by atoms with Crippen LogP contribution in [0.1, 0.15) is 27.7 Å². The fraction of sp³-hybridized carbons (Fsp3) is 0.211. The first kappa shape index (κ1) is 22.5. The first-order valence-electron chi connectivity index (χ1n) is 8.45. The molecule has 0 aliphatic rings. The van der Waals surface area contributed by atoms with Crippen LogP contribution in [0.15, 0.2) is 59.4 Å². The van der Waals surface area contributed by atoms with E-state index in [9.17, 15) is 14.0 Å². The van der Waals surface area contributed by atoms with Crippen molar-refractivity contribution in [1.82, 2.24) is 14.8 Å². The van der Waals surface area contributed by atoms with Gasteiger partial charge in [0.05, 0.1) is 25.0 Å². The maximum absolute atomic E-state index is 13.1. The number of benzene rings is 1. The monoisotopic (exact) mass is 438 g/mol. The molecule has 0 amide bonds. The van der Waals surface area contributed by atoms with Gasteiger partial charge >= 0.3 is 11.7 Å². The smallest absolute Gasteiger partial charge is 0.343 e. The lowest BCUT2D eigenvalue weighted by atomic mass is 10.1. The molecule has 0 saturated heterocycles. The van der Waals surface area contributed by atoms with Gasteiger partial charge in [-0.25, -0.2) is 19.1 Å². The molecule has 2 heterocycles. The van der Waals surface area contributed by atoms with E-state index in [1.165, 1.54) is 29.3 Å². The summed E-state index contributed by atoms with van der Waals surface area (Å²) in [6, 6.07) is 10.4. The normalized spacial score (nSPS) is 12.3. The number of methoxy groups -OCH3 is 1. The third-order valence-corrected chi connectivity index (χ3v) is 5.57. The van der Waals surface area contributed by atoms with Crippen LogP contribution in [0.3, 0.4) is 0 Å². The Morgan fingerprint density at radius 1 is 1.34 bits per heavy atom. The minimum absolute atomic E-state index is 0. The number of carbonyl (C=O) groups is 1. The van der Waals surface area contributed by atoms with Gasteiger partial charge in [-0.15, -0.1) is 23.7 Å². The maximum Gasteiger partial charge on any atom is 0.343 e. The average molecular weight is 439 g/mol. The molecule has 3 rings (SSSR count). The van der Waals surface area contributed by atoms with Crippen molar-refractivity contribution < 1.29 is 13.9 Å². The Kier molecular flexibility index (Phi) is 7.89. The summed E-state index contributed by atoms with van der Waals surface area (Å²) in [5.41, 5.74) is 7.00. The standard InChI is InChI=1S/C19H19FN4O3S.ClH/c1-27-18(25)14-4-2-13(3-5-14)16-6-7-17(28-16)15(8-12(9-20)10-21)24-11-22-23-19(24)26;/h2-7,9,11,15H,8,10,21H2,1H3,(H,23,26);1H/b12-9+;. The molecule has 0 fully saturated rings. The van der Waals surface area contributed by atoms with E-state index in [4.69, 9.17) is 10.5 Å². The molecule has 0 radical (unpaired) electrons. The number of nitrogens with zero attached hydrogens (tertiary/aromatic N) is 2. The van der Waals surface area contributed by atoms with E-state index in [0.717, 1.165) is 15.3 Å². The predicted octanol–water partition coefficient (Wildman–Crippen LogP) is 3.30. The highest BCUT2D eigenvalue weighted by Gasteiger charge is 2.20. The van der Waals surface area contributed by atoms with Crippen LogP contribution in [-0.2, 0) is 4.74 Å². The summed E-state index contributed by atoms with van der Waals surface area (Å²) < 4.78 is 19.2. The van der Waals surface area contributed by atoms with Gasteiger partial charge in [-0.3, -0.25) is 4.57 Å². The summed E-state index contributed by atoms with van der Waals surface area (Å²) >= 11 is 1.48. The second-order valence-electron chi connectivity index (χ2n) is 6.03. The van der Waals surface area contributed by atoms with Gasteiger partial charge in [-0.2, -0.15) is 5.10 Å². The van der Waals surface area contributed by atoms with Crippen molar-refractivity contribution in [2.24, 2.45) is 5.73 Å². The van der Waals surface area contributed by atoms with Gasteiger partial charge in [0.2, 0.25) is 0 Å². The zero-order valence-corrected chi connectivity index (χ0v) is 17.1. The Morgan fingerprint density at radius 2 is 2.07 bits per heavy atom. The number of aromatic nitrogens is 3. The lowest BCUT2D eigenvalue weighted by molar-refractivity contribution is 0.0601. The van der Waals surface area contributed by atoms with Crippen molar-refractivity contribution in [3.63, 3.8) is 0 Å². The topological polar surface area (TPSA) is 103 Å². The number of H-pyrrole nitrogens is 1. The molecule has 0 saturated carbocycles. The van der Waals surface area contributed by atoms with Gasteiger partial charge in [0, 0.05) is 16.3 Å². The van der Waals surface area contributed by atoms with Gasteiger partial charge in [-0.05, 0) is 41.8 Å². The second kappa shape index (κ2) is 10.1. The largest absolute Gasteiger partial charge is 0.465 e. The summed E-state index contributed by atoms with van der Waals surface area (Å²) in [5, 5.41) is 6.13. The molecule has 7 nitrogen and oxygen atoms in total. The summed E-state index contributed by atoms with van der Waals surface area (Å²) in [6.07, 6.45) is 2.13. The van der Waals surface area contributed by atoms with Gasteiger partial charge < -0.3 is 10.5 Å². The average Bonchev–Trinajstić information content (AvgIpc) is 3.38. The molecule has 0 spiro atoms. The number of ether oxygens (including phenoxy) is 1. The number of nitrogens with one attached hydrogen (secondary N) is 1. The third-order valence-electron chi connectivity index (χ3n) is 4.33. The van der Waals surface area contributed by atoms with Gasteiger partial charge in [0.15, 0.2) is 0 Å². The van der Waals surface area contributed by atoms with E-state index in [0.29, 0.717) is 17.5 Å². The number of hydrogen-bond acceptors (Lipinski definition) is 6. The Labute approximate surface area is 176 Å². The molecular weight excluding hydrogens is 419 g/mol. The van der Waals surface area contributed by atoms with Crippen LogP contribution in [0.4, 0.5) is 4.39 Å². The molecule has 10 heteroatoms. The summed E-state index contributed by atoms with van der Waals surface area (Å²) in [5.74, 6) is -0.398. The van der Waals surface area contributed by atoms with Crippen molar-refractivity contribution in [2.75, 3.05) is 13.7 Å². The van der Waals surface area contributed by atoms with Crippen molar-refractivity contribution in [2.45, 2.75) is 12.5 Å². The van der Waals surface area contributed by atoms with Gasteiger partial charge in [-0.1, -0.05) is 12.1 Å². The number of carbonyl (C=O) groups excluding carboxylic acids is 1. The SMILES string of the molecule is COC(=O)c1ccc(-c2ccc(C(C/C(=C\F)CN)n3cn[nH]c3=O)s2)cc1.Cl. The van der Waals surface area contributed by atoms with E-state index in [1.54, 1.807) is 12.1 Å². The van der Waals surface area contributed by atoms with Gasteiger partial charge in [0.1, 0.15) is 6.33 Å². The molecule has 0 bridgehead atoms. The molecule has 3 N–H and O–H groups in total. The molecular formula is C19H20ClFN4O3S. The van der Waals surface area contributed by atoms with E-state index < -0.39 is 12.0 Å². The highest BCUT2D eigenvalue weighted by atomic mass is 35.5. The zero-order valence-electron chi connectivity index (χ0n) is 15.5. The summed E-state index contributed by atoms with van der Waals surface area (Å²) in [4.78, 5) is 25.4. The molecule has 1 unspecified atom stereocenters. The Balaban J connectivity index is 0.00000300. The number of hydrogen-bond donors (Lipinski definition) is 2.